The number of primary amides is 1. The van der Waals surface area contributed by atoms with Crippen molar-refractivity contribution in [3.8, 4) is 0 Å². The summed E-state index contributed by atoms with van der Waals surface area (Å²) in [5.74, 6) is -0.408. The van der Waals surface area contributed by atoms with Gasteiger partial charge in [0.2, 0.25) is 11.8 Å². The molecule has 2 amide bonds. The maximum absolute atomic E-state index is 11.3. The molecule has 0 saturated carbocycles. The minimum Gasteiger partial charge on any atom is -0.369 e. The number of amides is 2. The van der Waals surface area contributed by atoms with Gasteiger partial charge in [-0.15, -0.1) is 0 Å². The van der Waals surface area contributed by atoms with Crippen molar-refractivity contribution in [2.24, 2.45) is 17.4 Å². The van der Waals surface area contributed by atoms with Crippen molar-refractivity contribution in [1.29, 1.82) is 0 Å². The van der Waals surface area contributed by atoms with Gasteiger partial charge >= 0.3 is 0 Å². The Morgan fingerprint density at radius 1 is 1.32 bits per heavy atom. The third-order valence-electron chi connectivity index (χ3n) is 3.98. The number of carbonyl (C=O) groups excluding carboxylic acids is 2. The molecule has 0 radical (unpaired) electrons. The van der Waals surface area contributed by atoms with Crippen LogP contribution in [0.3, 0.4) is 0 Å². The Labute approximate surface area is 130 Å². The van der Waals surface area contributed by atoms with Crippen LogP contribution in [0.25, 0.3) is 0 Å². The van der Waals surface area contributed by atoms with Gasteiger partial charge in [-0.05, 0) is 30.5 Å². The van der Waals surface area contributed by atoms with Crippen molar-refractivity contribution in [3.05, 3.63) is 35.4 Å². The highest BCUT2D eigenvalue weighted by molar-refractivity contribution is 5.77. The molecule has 1 aromatic rings. The lowest BCUT2D eigenvalue weighted by molar-refractivity contribution is -0.123. The van der Waals surface area contributed by atoms with Crippen molar-refractivity contribution >= 4 is 11.8 Å². The number of nitrogens with one attached hydrogen (secondary N) is 1. The third kappa shape index (κ3) is 4.82. The van der Waals surface area contributed by atoms with E-state index in [2.05, 4.69) is 22.3 Å². The summed E-state index contributed by atoms with van der Waals surface area (Å²) in [6.45, 7) is 2.99. The molecule has 5 N–H and O–H groups in total. The Balaban J connectivity index is 1.92. The van der Waals surface area contributed by atoms with Gasteiger partial charge in [-0.2, -0.15) is 0 Å². The highest BCUT2D eigenvalue weighted by atomic mass is 16.2. The van der Waals surface area contributed by atoms with Crippen LogP contribution in [0.15, 0.2) is 24.3 Å². The van der Waals surface area contributed by atoms with Gasteiger partial charge in [0.15, 0.2) is 0 Å². The SMILES string of the molecule is NCC(=O)NCc1cccc(CN2CCCC(C(N)=O)C2)c1. The smallest absolute Gasteiger partial charge is 0.234 e. The molecule has 0 aliphatic carbocycles. The molecule has 0 bridgehead atoms. The Morgan fingerprint density at radius 3 is 2.82 bits per heavy atom. The van der Waals surface area contributed by atoms with E-state index >= 15 is 0 Å². The fourth-order valence-electron chi connectivity index (χ4n) is 2.80. The molecule has 0 spiro atoms. The normalized spacial score (nSPS) is 18.9. The van der Waals surface area contributed by atoms with Crippen molar-refractivity contribution in [2.75, 3.05) is 19.6 Å². The first-order valence-corrected chi connectivity index (χ1v) is 7.64. The molecule has 22 heavy (non-hydrogen) atoms. The van der Waals surface area contributed by atoms with Gasteiger partial charge < -0.3 is 16.8 Å². The summed E-state index contributed by atoms with van der Waals surface area (Å²) >= 11 is 0. The number of nitrogens with two attached hydrogens (primary N) is 2. The number of carbonyl (C=O) groups is 2. The Bertz CT molecular complexity index is 533. The summed E-state index contributed by atoms with van der Waals surface area (Å²) in [6, 6.07) is 8.09. The monoisotopic (exact) mass is 304 g/mol. The number of hydrogen-bond acceptors (Lipinski definition) is 4. The maximum Gasteiger partial charge on any atom is 0.234 e. The van der Waals surface area contributed by atoms with Crippen molar-refractivity contribution < 1.29 is 9.59 Å². The predicted octanol–water partition coefficient (Wildman–Crippen LogP) is -0.0412. The number of piperidine rings is 1. The number of benzene rings is 1. The van der Waals surface area contributed by atoms with Crippen LogP contribution in [0.2, 0.25) is 0 Å². The van der Waals surface area contributed by atoms with Gasteiger partial charge in [0.1, 0.15) is 0 Å². The maximum atomic E-state index is 11.3. The quantitative estimate of drug-likeness (QED) is 0.686. The molecule has 0 aromatic heterocycles. The molecular formula is C16H24N4O2. The fraction of sp³-hybridized carbons (Fsp3) is 0.500. The Kier molecular flexibility index (Phi) is 5.91. The summed E-state index contributed by atoms with van der Waals surface area (Å²) in [5, 5.41) is 2.76. The molecule has 1 unspecified atom stereocenters. The van der Waals surface area contributed by atoms with Gasteiger partial charge in [-0.1, -0.05) is 24.3 Å². The highest BCUT2D eigenvalue weighted by Crippen LogP contribution is 2.18. The average molecular weight is 304 g/mol. The standard InChI is InChI=1S/C16H24N4O2/c17-8-15(21)19-9-12-3-1-4-13(7-12)10-20-6-2-5-14(11-20)16(18)22/h1,3-4,7,14H,2,5-6,8-11,17H2,(H2,18,22)(H,19,21). The first-order chi connectivity index (χ1) is 10.6. The minimum atomic E-state index is -0.206. The molecule has 1 fully saturated rings. The second kappa shape index (κ2) is 7.91. The van der Waals surface area contributed by atoms with E-state index in [1.807, 2.05) is 12.1 Å². The van der Waals surface area contributed by atoms with E-state index < -0.39 is 0 Å². The molecule has 6 nitrogen and oxygen atoms in total. The zero-order valence-electron chi connectivity index (χ0n) is 12.8. The van der Waals surface area contributed by atoms with Crippen molar-refractivity contribution in [3.63, 3.8) is 0 Å². The highest BCUT2D eigenvalue weighted by Gasteiger charge is 2.23. The van der Waals surface area contributed by atoms with Gasteiger partial charge in [0, 0.05) is 19.6 Å². The lowest BCUT2D eigenvalue weighted by Gasteiger charge is -2.31. The van der Waals surface area contributed by atoms with Crippen molar-refractivity contribution in [2.45, 2.75) is 25.9 Å². The summed E-state index contributed by atoms with van der Waals surface area (Å²) in [4.78, 5) is 24.8. The minimum absolute atomic E-state index is 0.00196. The topological polar surface area (TPSA) is 101 Å². The lowest BCUT2D eigenvalue weighted by Crippen LogP contribution is -2.40. The van der Waals surface area contributed by atoms with E-state index in [9.17, 15) is 9.59 Å². The van der Waals surface area contributed by atoms with E-state index in [0.29, 0.717) is 6.54 Å². The Morgan fingerprint density at radius 2 is 2.09 bits per heavy atom. The first kappa shape index (κ1) is 16.5. The third-order valence-corrected chi connectivity index (χ3v) is 3.98. The van der Waals surface area contributed by atoms with Crippen molar-refractivity contribution in [1.82, 2.24) is 10.2 Å². The van der Waals surface area contributed by atoms with E-state index in [0.717, 1.165) is 38.0 Å². The summed E-state index contributed by atoms with van der Waals surface area (Å²) < 4.78 is 0. The number of rotatable bonds is 6. The molecule has 1 aromatic carbocycles. The molecule has 1 saturated heterocycles. The number of nitrogens with zero attached hydrogens (tertiary/aromatic N) is 1. The summed E-state index contributed by atoms with van der Waals surface area (Å²) in [5.41, 5.74) is 12.9. The van der Waals surface area contributed by atoms with Crippen LogP contribution < -0.4 is 16.8 Å². The van der Waals surface area contributed by atoms with Gasteiger partial charge in [0.25, 0.3) is 0 Å². The second-order valence-corrected chi connectivity index (χ2v) is 5.78. The van der Waals surface area contributed by atoms with Gasteiger partial charge in [-0.25, -0.2) is 0 Å². The molecule has 1 aliphatic heterocycles. The largest absolute Gasteiger partial charge is 0.369 e. The Hall–Kier alpha value is -1.92. The van der Waals surface area contributed by atoms with E-state index in [-0.39, 0.29) is 24.3 Å². The number of hydrogen-bond donors (Lipinski definition) is 3. The average Bonchev–Trinajstić information content (AvgIpc) is 2.53. The molecule has 1 aliphatic rings. The van der Waals surface area contributed by atoms with Gasteiger partial charge in [-0.3, -0.25) is 14.5 Å². The zero-order chi connectivity index (χ0) is 15.9. The zero-order valence-corrected chi connectivity index (χ0v) is 12.8. The molecular weight excluding hydrogens is 280 g/mol. The first-order valence-electron chi connectivity index (χ1n) is 7.64. The van der Waals surface area contributed by atoms with Crippen LogP contribution in [0, 0.1) is 5.92 Å². The number of likely N-dealkylation sites (tertiary alicyclic amines) is 1. The van der Waals surface area contributed by atoms with E-state index in [1.54, 1.807) is 0 Å². The van der Waals surface area contributed by atoms with Crippen LogP contribution >= 0.6 is 0 Å². The molecule has 1 atom stereocenters. The predicted molar refractivity (Wildman–Crippen MR) is 84.5 cm³/mol. The van der Waals surface area contributed by atoms with Gasteiger partial charge in [0.05, 0.1) is 12.5 Å². The van der Waals surface area contributed by atoms with Crippen LogP contribution in [-0.2, 0) is 22.7 Å². The molecule has 1 heterocycles. The molecule has 2 rings (SSSR count). The molecule has 6 heteroatoms. The van der Waals surface area contributed by atoms with E-state index in [4.69, 9.17) is 11.5 Å². The summed E-state index contributed by atoms with van der Waals surface area (Å²) in [7, 11) is 0. The lowest BCUT2D eigenvalue weighted by atomic mass is 9.97. The van der Waals surface area contributed by atoms with E-state index in [1.165, 1.54) is 5.56 Å². The van der Waals surface area contributed by atoms with Crippen LogP contribution in [0.5, 0.6) is 0 Å². The molecule has 120 valence electrons. The fourth-order valence-corrected chi connectivity index (χ4v) is 2.80. The summed E-state index contributed by atoms with van der Waals surface area (Å²) in [6.07, 6.45) is 1.89. The van der Waals surface area contributed by atoms with Crippen LogP contribution in [0.1, 0.15) is 24.0 Å². The van der Waals surface area contributed by atoms with Crippen LogP contribution in [0.4, 0.5) is 0 Å². The van der Waals surface area contributed by atoms with Crippen LogP contribution in [-0.4, -0.2) is 36.3 Å². The second-order valence-electron chi connectivity index (χ2n) is 5.78.